The fourth-order valence-electron chi connectivity index (χ4n) is 5.19. The van der Waals surface area contributed by atoms with Crippen molar-refractivity contribution in [1.29, 1.82) is 0 Å². The Labute approximate surface area is 175 Å². The molecule has 6 heteroatoms. The molecule has 0 radical (unpaired) electrons. The normalized spacial score (nSPS) is 22.3. The predicted molar refractivity (Wildman–Crippen MR) is 115 cm³/mol. The first-order valence-corrected chi connectivity index (χ1v) is 10.7. The number of H-pyrrole nitrogens is 1. The molecule has 2 aliphatic rings. The van der Waals surface area contributed by atoms with Gasteiger partial charge >= 0.3 is 0 Å². The minimum absolute atomic E-state index is 0.00922. The largest absolute Gasteiger partial charge is 0.337 e. The van der Waals surface area contributed by atoms with Crippen LogP contribution in [0.5, 0.6) is 0 Å². The summed E-state index contributed by atoms with van der Waals surface area (Å²) in [5.41, 5.74) is 3.38. The fourth-order valence-corrected chi connectivity index (χ4v) is 5.19. The van der Waals surface area contributed by atoms with Crippen LogP contribution in [-0.4, -0.2) is 52.1 Å². The van der Waals surface area contributed by atoms with E-state index in [2.05, 4.69) is 15.1 Å². The highest BCUT2D eigenvalue weighted by Gasteiger charge is 2.43. The number of piperidine rings is 1. The number of aromatic nitrogens is 2. The summed E-state index contributed by atoms with van der Waals surface area (Å²) in [6.07, 6.45) is 3.19. The van der Waals surface area contributed by atoms with Crippen LogP contribution in [-0.2, 0) is 6.54 Å². The summed E-state index contributed by atoms with van der Waals surface area (Å²) in [5.74, 6) is -0.129. The van der Waals surface area contributed by atoms with Gasteiger partial charge in [0.25, 0.3) is 5.91 Å². The number of hydrogen-bond donors (Lipinski definition) is 1. The number of aromatic amines is 1. The minimum Gasteiger partial charge on any atom is -0.337 e. The topological polar surface area (TPSA) is 52.2 Å². The second-order valence-corrected chi connectivity index (χ2v) is 9.00. The molecule has 1 amide bonds. The van der Waals surface area contributed by atoms with Crippen LogP contribution in [0, 0.1) is 18.2 Å². The number of carbonyl (C=O) groups excluding carboxylic acids is 1. The summed E-state index contributed by atoms with van der Waals surface area (Å²) in [6, 6.07) is 13.0. The van der Waals surface area contributed by atoms with E-state index < -0.39 is 0 Å². The van der Waals surface area contributed by atoms with Crippen molar-refractivity contribution in [1.82, 2.24) is 20.0 Å². The van der Waals surface area contributed by atoms with Crippen LogP contribution >= 0.6 is 0 Å². The molecule has 5 rings (SSSR count). The molecule has 2 fully saturated rings. The summed E-state index contributed by atoms with van der Waals surface area (Å²) in [5, 5.41) is 8.21. The molecule has 1 atom stereocenters. The van der Waals surface area contributed by atoms with Gasteiger partial charge in [0.1, 0.15) is 5.82 Å². The van der Waals surface area contributed by atoms with E-state index in [-0.39, 0.29) is 17.1 Å². The average molecular weight is 407 g/mol. The van der Waals surface area contributed by atoms with Crippen LogP contribution in [0.3, 0.4) is 0 Å². The van der Waals surface area contributed by atoms with Gasteiger partial charge in [0, 0.05) is 42.5 Å². The smallest absolute Gasteiger partial charge is 0.275 e. The number of fused-ring (bicyclic) bond motifs is 1. The molecular weight excluding hydrogens is 379 g/mol. The number of halogens is 1. The molecule has 1 aromatic heterocycles. The number of rotatable bonds is 3. The van der Waals surface area contributed by atoms with E-state index in [1.54, 1.807) is 6.07 Å². The monoisotopic (exact) mass is 406 g/mol. The first-order valence-electron chi connectivity index (χ1n) is 10.7. The van der Waals surface area contributed by atoms with Crippen LogP contribution in [0.25, 0.3) is 10.9 Å². The summed E-state index contributed by atoms with van der Waals surface area (Å²) < 4.78 is 14.1. The minimum atomic E-state index is -0.138. The van der Waals surface area contributed by atoms with Crippen LogP contribution in [0.15, 0.2) is 42.5 Å². The zero-order valence-electron chi connectivity index (χ0n) is 17.3. The zero-order valence-corrected chi connectivity index (χ0v) is 17.3. The molecule has 1 spiro atoms. The van der Waals surface area contributed by atoms with Gasteiger partial charge in [-0.15, -0.1) is 0 Å². The van der Waals surface area contributed by atoms with E-state index in [0.29, 0.717) is 12.2 Å². The van der Waals surface area contributed by atoms with Gasteiger partial charge in [-0.05, 0) is 50.9 Å². The van der Waals surface area contributed by atoms with E-state index in [9.17, 15) is 9.18 Å². The number of nitrogens with zero attached hydrogens (tertiary/aromatic N) is 3. The van der Waals surface area contributed by atoms with Crippen molar-refractivity contribution < 1.29 is 9.18 Å². The second kappa shape index (κ2) is 7.51. The van der Waals surface area contributed by atoms with Crippen molar-refractivity contribution in [2.45, 2.75) is 32.7 Å². The molecule has 2 saturated heterocycles. The highest BCUT2D eigenvalue weighted by Crippen LogP contribution is 2.40. The van der Waals surface area contributed by atoms with Crippen LogP contribution in [0.4, 0.5) is 4.39 Å². The molecular formula is C24H27FN4O. The predicted octanol–water partition coefficient (Wildman–Crippen LogP) is 4.14. The van der Waals surface area contributed by atoms with Crippen molar-refractivity contribution >= 4 is 16.8 Å². The molecule has 0 unspecified atom stereocenters. The number of amides is 1. The molecule has 156 valence electrons. The molecule has 5 nitrogen and oxygen atoms in total. The number of likely N-dealkylation sites (tertiary alicyclic amines) is 2. The number of nitrogens with one attached hydrogen (secondary N) is 1. The Hall–Kier alpha value is -2.73. The molecule has 3 aromatic rings. The second-order valence-electron chi connectivity index (χ2n) is 9.00. The van der Waals surface area contributed by atoms with Gasteiger partial charge in [-0.2, -0.15) is 5.10 Å². The maximum Gasteiger partial charge on any atom is 0.275 e. The van der Waals surface area contributed by atoms with Crippen molar-refractivity contribution in [2.24, 2.45) is 5.41 Å². The van der Waals surface area contributed by atoms with Crippen LogP contribution in [0.1, 0.15) is 40.9 Å². The van der Waals surface area contributed by atoms with Gasteiger partial charge in [-0.1, -0.05) is 29.8 Å². The first-order chi connectivity index (χ1) is 14.5. The zero-order chi connectivity index (χ0) is 20.7. The first kappa shape index (κ1) is 19.2. The summed E-state index contributed by atoms with van der Waals surface area (Å²) in [7, 11) is 0. The summed E-state index contributed by atoms with van der Waals surface area (Å²) >= 11 is 0. The van der Waals surface area contributed by atoms with E-state index in [4.69, 9.17) is 0 Å². The fraction of sp³-hybridized carbons (Fsp3) is 0.417. The Morgan fingerprint density at radius 3 is 2.90 bits per heavy atom. The average Bonchev–Trinajstić information content (AvgIpc) is 3.33. The van der Waals surface area contributed by atoms with E-state index in [1.165, 1.54) is 6.07 Å². The molecule has 0 aliphatic carbocycles. The van der Waals surface area contributed by atoms with Crippen molar-refractivity contribution in [3.63, 3.8) is 0 Å². The maximum atomic E-state index is 14.1. The van der Waals surface area contributed by atoms with Gasteiger partial charge < -0.3 is 4.90 Å². The Balaban J connectivity index is 1.31. The molecule has 30 heavy (non-hydrogen) atoms. The van der Waals surface area contributed by atoms with E-state index in [1.807, 2.05) is 42.2 Å². The lowest BCUT2D eigenvalue weighted by Gasteiger charge is -2.40. The van der Waals surface area contributed by atoms with Crippen LogP contribution in [0.2, 0.25) is 0 Å². The number of hydrogen-bond acceptors (Lipinski definition) is 3. The van der Waals surface area contributed by atoms with E-state index >= 15 is 0 Å². The molecule has 1 N–H and O–H groups in total. The molecule has 2 aliphatic heterocycles. The lowest BCUT2D eigenvalue weighted by Crippen LogP contribution is -2.45. The highest BCUT2D eigenvalue weighted by molar-refractivity contribution is 6.04. The lowest BCUT2D eigenvalue weighted by atomic mass is 9.79. The van der Waals surface area contributed by atoms with Gasteiger partial charge in [0.15, 0.2) is 5.69 Å². The number of benzene rings is 2. The Morgan fingerprint density at radius 2 is 2.03 bits per heavy atom. The Kier molecular flexibility index (Phi) is 4.82. The third-order valence-corrected chi connectivity index (χ3v) is 6.74. The van der Waals surface area contributed by atoms with Crippen molar-refractivity contribution in [3.05, 3.63) is 65.1 Å². The molecule has 2 aromatic carbocycles. The SMILES string of the molecule is Cc1ccc2[nH]nc(C(=O)N3CC[C@]4(CCCN(Cc5ccccc5F)C4)C3)c2c1. The van der Waals surface area contributed by atoms with Crippen molar-refractivity contribution in [3.8, 4) is 0 Å². The third kappa shape index (κ3) is 3.49. The number of aryl methyl sites for hydroxylation is 1. The van der Waals surface area contributed by atoms with Crippen molar-refractivity contribution in [2.75, 3.05) is 26.2 Å². The molecule has 3 heterocycles. The van der Waals surface area contributed by atoms with Gasteiger partial charge in [0.2, 0.25) is 0 Å². The van der Waals surface area contributed by atoms with Gasteiger partial charge in [-0.3, -0.25) is 14.8 Å². The maximum absolute atomic E-state index is 14.1. The Morgan fingerprint density at radius 1 is 1.17 bits per heavy atom. The Bertz CT molecular complexity index is 1090. The standard InChI is InChI=1S/C24H27FN4O/c1-17-7-8-21-19(13-17)22(27-26-21)23(30)29-12-10-24(16-29)9-4-11-28(15-24)14-18-5-2-3-6-20(18)25/h2-3,5-8,13H,4,9-12,14-16H2,1H3,(H,26,27)/t24-/m0/s1. The van der Waals surface area contributed by atoms with Gasteiger partial charge in [0.05, 0.1) is 5.52 Å². The summed E-state index contributed by atoms with van der Waals surface area (Å²) in [4.78, 5) is 17.6. The lowest BCUT2D eigenvalue weighted by molar-refractivity contribution is 0.0670. The van der Waals surface area contributed by atoms with E-state index in [0.717, 1.165) is 67.5 Å². The quantitative estimate of drug-likeness (QED) is 0.711. The summed E-state index contributed by atoms with van der Waals surface area (Å²) in [6.45, 7) is 6.05. The van der Waals surface area contributed by atoms with Gasteiger partial charge in [-0.25, -0.2) is 4.39 Å². The van der Waals surface area contributed by atoms with Crippen LogP contribution < -0.4 is 0 Å². The highest BCUT2D eigenvalue weighted by atomic mass is 19.1. The molecule has 0 saturated carbocycles. The molecule has 0 bridgehead atoms. The number of carbonyl (C=O) groups is 1. The third-order valence-electron chi connectivity index (χ3n) is 6.74.